The Kier molecular flexibility index (Phi) is 5.82. The molecule has 0 spiro atoms. The molecule has 178 valence electrons. The van der Waals surface area contributed by atoms with Crippen molar-refractivity contribution in [2.45, 2.75) is 26.4 Å². The van der Waals surface area contributed by atoms with E-state index in [0.717, 1.165) is 11.3 Å². The molecule has 2 atom stereocenters. The molecular weight excluding hydrogens is 441 g/mol. The molecule has 2 unspecified atom stereocenters. The van der Waals surface area contributed by atoms with E-state index >= 15 is 4.39 Å². The molecule has 10 heteroatoms. The quantitative estimate of drug-likeness (QED) is 0.493. The highest BCUT2D eigenvalue weighted by Gasteiger charge is 2.28. The minimum atomic E-state index is -0.622. The Morgan fingerprint density at radius 2 is 2.15 bits per heavy atom. The number of hydrogen-bond donors (Lipinski definition) is 3. The number of benzene rings is 1. The number of aromatic nitrogens is 2. The van der Waals surface area contributed by atoms with Crippen LogP contribution in [0.4, 0.5) is 26.4 Å². The maximum absolute atomic E-state index is 15.4. The lowest BCUT2D eigenvalue weighted by Gasteiger charge is -2.23. The van der Waals surface area contributed by atoms with Gasteiger partial charge in [-0.1, -0.05) is 13.8 Å². The number of hydrogen-bond acceptors (Lipinski definition) is 8. The molecule has 3 aromatic rings. The van der Waals surface area contributed by atoms with Gasteiger partial charge in [-0.15, -0.1) is 0 Å². The molecule has 0 bridgehead atoms. The monoisotopic (exact) mass is 467 g/mol. The summed E-state index contributed by atoms with van der Waals surface area (Å²) in [5.74, 6) is 0.365. The Hall–Kier alpha value is -3.66. The fraction of sp³-hybridized carbons (Fsp3) is 0.375. The van der Waals surface area contributed by atoms with Gasteiger partial charge in [-0.2, -0.15) is 0 Å². The van der Waals surface area contributed by atoms with Crippen molar-refractivity contribution in [3.8, 4) is 17.0 Å². The average Bonchev–Trinajstić information content (AvgIpc) is 3.24. The summed E-state index contributed by atoms with van der Waals surface area (Å²) in [4.78, 5) is 20.9. The first-order chi connectivity index (χ1) is 16.5. The fourth-order valence-electron chi connectivity index (χ4n) is 4.37. The van der Waals surface area contributed by atoms with Gasteiger partial charge in [0.15, 0.2) is 5.82 Å². The van der Waals surface area contributed by atoms with Gasteiger partial charge < -0.3 is 25.3 Å². The first-order valence-corrected chi connectivity index (χ1v) is 11.3. The number of pyridine rings is 2. The molecule has 4 N–H and O–H groups in total. The molecule has 2 aliphatic rings. The molecule has 0 saturated carbocycles. The summed E-state index contributed by atoms with van der Waals surface area (Å²) in [7, 11) is 0. The highest BCUT2D eigenvalue weighted by atomic mass is 19.1. The number of nitrogens with one attached hydrogen (secondary N) is 2. The molecule has 4 heterocycles. The number of fused-ring (bicyclic) bond motifs is 2. The number of halogens is 1. The summed E-state index contributed by atoms with van der Waals surface area (Å²) in [6, 6.07) is 3.33. The van der Waals surface area contributed by atoms with Crippen molar-refractivity contribution < 1.29 is 23.4 Å². The van der Waals surface area contributed by atoms with Crippen molar-refractivity contribution in [3.63, 3.8) is 0 Å². The van der Waals surface area contributed by atoms with Crippen LogP contribution in [0.1, 0.15) is 19.4 Å². The van der Waals surface area contributed by atoms with Crippen molar-refractivity contribution >= 4 is 34.1 Å². The maximum atomic E-state index is 15.4. The Morgan fingerprint density at radius 3 is 2.91 bits per heavy atom. The zero-order chi connectivity index (χ0) is 23.8. The molecule has 34 heavy (non-hydrogen) atoms. The van der Waals surface area contributed by atoms with Gasteiger partial charge in [0.25, 0.3) is 0 Å². The maximum Gasteiger partial charge on any atom is 0.413 e. The lowest BCUT2D eigenvalue weighted by atomic mass is 9.95. The standard InChI is InChI=1S/C24H26FN5O4/c1-3-14-17(9-29-23-22(14)27-4-5-33-23)15-6-13-7-19(28-8-16(13)21(26)20(15)25)30-24(31)34-18-11-32-10-12(18)2/h6-9,12,18,27H,3-5,10-11,26H2,1-2H3,(H,28,30,31). The number of amides is 1. The van der Waals surface area contributed by atoms with Gasteiger partial charge in [0.1, 0.15) is 24.2 Å². The van der Waals surface area contributed by atoms with E-state index in [1.54, 1.807) is 18.3 Å². The molecule has 2 aromatic heterocycles. The SMILES string of the molecule is CCc1c(-c2cc3cc(NC(=O)OC4COCC4C)ncc3c(N)c2F)cnc2c1NCCO2. The molecule has 0 radical (unpaired) electrons. The molecule has 1 saturated heterocycles. The predicted molar refractivity (Wildman–Crippen MR) is 127 cm³/mol. The van der Waals surface area contributed by atoms with Gasteiger partial charge in [0.2, 0.25) is 5.88 Å². The third-order valence-corrected chi connectivity index (χ3v) is 6.22. The zero-order valence-electron chi connectivity index (χ0n) is 19.0. The van der Waals surface area contributed by atoms with E-state index in [0.29, 0.717) is 60.6 Å². The number of nitrogens with zero attached hydrogens (tertiary/aromatic N) is 2. The van der Waals surface area contributed by atoms with Gasteiger partial charge in [-0.05, 0) is 29.5 Å². The highest BCUT2D eigenvalue weighted by molar-refractivity contribution is 5.99. The van der Waals surface area contributed by atoms with Crippen LogP contribution in [0, 0.1) is 11.7 Å². The second-order valence-electron chi connectivity index (χ2n) is 8.49. The highest BCUT2D eigenvalue weighted by Crippen LogP contribution is 2.40. The van der Waals surface area contributed by atoms with Crippen molar-refractivity contribution in [1.82, 2.24) is 9.97 Å². The number of nitrogen functional groups attached to an aromatic ring is 1. The summed E-state index contributed by atoms with van der Waals surface area (Å²) in [6.07, 6.45) is 2.76. The van der Waals surface area contributed by atoms with E-state index in [1.807, 2.05) is 13.8 Å². The second kappa shape index (κ2) is 8.94. The van der Waals surface area contributed by atoms with Gasteiger partial charge in [-0.3, -0.25) is 5.32 Å². The van der Waals surface area contributed by atoms with E-state index in [-0.39, 0.29) is 23.5 Å². The largest absolute Gasteiger partial charge is 0.474 e. The van der Waals surface area contributed by atoms with Gasteiger partial charge in [-0.25, -0.2) is 19.2 Å². The van der Waals surface area contributed by atoms with Gasteiger partial charge >= 0.3 is 6.09 Å². The number of carbonyl (C=O) groups excluding carboxylic acids is 1. The molecule has 5 rings (SSSR count). The first kappa shape index (κ1) is 22.1. The lowest BCUT2D eigenvalue weighted by molar-refractivity contribution is 0.0843. The van der Waals surface area contributed by atoms with Crippen LogP contribution < -0.4 is 21.1 Å². The van der Waals surface area contributed by atoms with Gasteiger partial charge in [0, 0.05) is 41.4 Å². The summed E-state index contributed by atoms with van der Waals surface area (Å²) in [5, 5.41) is 7.02. The number of anilines is 3. The second-order valence-corrected chi connectivity index (χ2v) is 8.49. The van der Waals surface area contributed by atoms with E-state index in [2.05, 4.69) is 20.6 Å². The third kappa shape index (κ3) is 3.94. The van der Waals surface area contributed by atoms with E-state index in [4.69, 9.17) is 19.9 Å². The third-order valence-electron chi connectivity index (χ3n) is 6.22. The Morgan fingerprint density at radius 1 is 1.29 bits per heavy atom. The van der Waals surface area contributed by atoms with Crippen LogP contribution in [0.25, 0.3) is 21.9 Å². The predicted octanol–water partition coefficient (Wildman–Crippen LogP) is 3.97. The Labute approximate surface area is 195 Å². The van der Waals surface area contributed by atoms with Crippen LogP contribution in [0.2, 0.25) is 0 Å². The summed E-state index contributed by atoms with van der Waals surface area (Å²) in [5.41, 5.74) is 8.76. The Bertz CT molecular complexity index is 1270. The molecule has 9 nitrogen and oxygen atoms in total. The summed E-state index contributed by atoms with van der Waals surface area (Å²) >= 11 is 0. The van der Waals surface area contributed by atoms with Crippen LogP contribution in [0.15, 0.2) is 24.5 Å². The summed E-state index contributed by atoms with van der Waals surface area (Å²) < 4.78 is 31.8. The lowest BCUT2D eigenvalue weighted by Crippen LogP contribution is -2.27. The molecule has 1 amide bonds. The fourth-order valence-corrected chi connectivity index (χ4v) is 4.37. The number of nitrogens with two attached hydrogens (primary N) is 1. The van der Waals surface area contributed by atoms with Crippen LogP contribution in [0.3, 0.4) is 0 Å². The topological polar surface area (TPSA) is 121 Å². The van der Waals surface area contributed by atoms with E-state index < -0.39 is 11.9 Å². The molecule has 1 fully saturated rings. The van der Waals surface area contributed by atoms with Crippen LogP contribution in [-0.4, -0.2) is 48.5 Å². The average molecular weight is 468 g/mol. The van der Waals surface area contributed by atoms with Crippen LogP contribution in [0.5, 0.6) is 5.88 Å². The molecule has 1 aromatic carbocycles. The number of carbonyl (C=O) groups is 1. The van der Waals surface area contributed by atoms with Crippen molar-refractivity contribution in [2.24, 2.45) is 5.92 Å². The molecule has 0 aliphatic carbocycles. The zero-order valence-corrected chi connectivity index (χ0v) is 19.0. The number of rotatable bonds is 4. The van der Waals surface area contributed by atoms with E-state index in [1.165, 1.54) is 6.20 Å². The minimum absolute atomic E-state index is 0.0185. The van der Waals surface area contributed by atoms with Crippen molar-refractivity contribution in [1.29, 1.82) is 0 Å². The Balaban J connectivity index is 1.50. The van der Waals surface area contributed by atoms with Crippen LogP contribution >= 0.6 is 0 Å². The first-order valence-electron chi connectivity index (χ1n) is 11.3. The smallest absolute Gasteiger partial charge is 0.413 e. The van der Waals surface area contributed by atoms with Gasteiger partial charge in [0.05, 0.1) is 18.9 Å². The number of ether oxygens (including phenoxy) is 3. The molecular formula is C24H26FN5O4. The van der Waals surface area contributed by atoms with E-state index in [9.17, 15) is 4.79 Å². The van der Waals surface area contributed by atoms with Crippen molar-refractivity contribution in [3.05, 3.63) is 35.9 Å². The van der Waals surface area contributed by atoms with Crippen LogP contribution in [-0.2, 0) is 15.9 Å². The van der Waals surface area contributed by atoms with Crippen molar-refractivity contribution in [2.75, 3.05) is 42.7 Å². The molecule has 2 aliphatic heterocycles. The summed E-state index contributed by atoms with van der Waals surface area (Å²) in [6.45, 7) is 6.05. The normalized spacial score (nSPS) is 19.3. The minimum Gasteiger partial charge on any atom is -0.474 e.